The molecular weight excluding hydrogens is 187 g/mol. The number of aliphatic carboxylic acids is 1. The summed E-state index contributed by atoms with van der Waals surface area (Å²) < 4.78 is 9.69. The molecule has 0 aromatic heterocycles. The second-order valence-corrected chi connectivity index (χ2v) is 2.10. The van der Waals surface area contributed by atoms with Crippen molar-refractivity contribution in [2.24, 2.45) is 0 Å². The second kappa shape index (κ2) is 7.43. The molecule has 0 aliphatic heterocycles. The zero-order valence-electron chi connectivity index (χ0n) is 8.05. The Morgan fingerprint density at radius 1 is 1.33 bits per heavy atom. The number of carbonyl (C=O) groups is 1. The summed E-state index contributed by atoms with van der Waals surface area (Å²) in [6.45, 7) is 5.28. The van der Waals surface area contributed by atoms with E-state index in [-0.39, 0.29) is 64.6 Å². The van der Waals surface area contributed by atoms with Crippen molar-refractivity contribution in [1.82, 2.24) is 0 Å². The average Bonchev–Trinajstić information content (AvgIpc) is 1.88. The van der Waals surface area contributed by atoms with Crippen LogP contribution >= 0.6 is 0 Å². The minimum absolute atomic E-state index is 0. The molecule has 0 atom stereocenters. The summed E-state index contributed by atoms with van der Waals surface area (Å²) in [5.41, 5.74) is 0. The van der Waals surface area contributed by atoms with Gasteiger partial charge in [-0.25, -0.2) is 0 Å². The molecule has 0 aromatic rings. The van der Waals surface area contributed by atoms with Crippen LogP contribution in [0.25, 0.3) is 0 Å². The van der Waals surface area contributed by atoms with Gasteiger partial charge in [0.25, 0.3) is 0 Å². The van der Waals surface area contributed by atoms with E-state index in [0.29, 0.717) is 0 Å². The fourth-order valence-corrected chi connectivity index (χ4v) is 0.710. The summed E-state index contributed by atoms with van der Waals surface area (Å²) in [6, 6.07) is 0. The van der Waals surface area contributed by atoms with Crippen LogP contribution in [0.4, 0.5) is 0 Å². The van der Waals surface area contributed by atoms with Gasteiger partial charge in [0.15, 0.2) is 0 Å². The molecular formula is C7H13KO4. The number of carboxylic acid groups (broad SMARTS) is 1. The van der Waals surface area contributed by atoms with Gasteiger partial charge in [-0.05, 0) is 20.8 Å². The minimum atomic E-state index is -1.59. The first-order valence-corrected chi connectivity index (χ1v) is 3.56. The Labute approximate surface area is 115 Å². The van der Waals surface area contributed by atoms with Gasteiger partial charge in [0.2, 0.25) is 5.79 Å². The van der Waals surface area contributed by atoms with Gasteiger partial charge in [0.05, 0.1) is 0 Å². The third-order valence-corrected chi connectivity index (χ3v) is 1.21. The Bertz CT molecular complexity index is 131. The van der Waals surface area contributed by atoms with E-state index in [4.69, 9.17) is 9.47 Å². The summed E-state index contributed by atoms with van der Waals surface area (Å²) >= 11 is 0. The zero-order valence-corrected chi connectivity index (χ0v) is 11.2. The summed E-state index contributed by atoms with van der Waals surface area (Å²) in [4.78, 5) is 10.4. The van der Waals surface area contributed by atoms with Crippen LogP contribution in [0, 0.1) is 0 Å². The molecule has 0 rings (SSSR count). The third kappa shape index (κ3) is 4.91. The molecule has 0 aliphatic rings. The molecule has 0 unspecified atom stereocenters. The van der Waals surface area contributed by atoms with E-state index in [0.717, 1.165) is 0 Å². The van der Waals surface area contributed by atoms with Crippen molar-refractivity contribution in [2.75, 3.05) is 13.2 Å². The van der Waals surface area contributed by atoms with Crippen molar-refractivity contribution in [1.29, 1.82) is 0 Å². The number of hydrogen-bond acceptors (Lipinski definition) is 4. The van der Waals surface area contributed by atoms with Crippen molar-refractivity contribution >= 4 is 5.97 Å². The van der Waals surface area contributed by atoms with Crippen molar-refractivity contribution in [3.05, 3.63) is 0 Å². The molecule has 0 fully saturated rings. The monoisotopic (exact) mass is 200 g/mol. The number of ether oxygens (including phenoxy) is 2. The quantitative estimate of drug-likeness (QED) is 0.342. The van der Waals surface area contributed by atoms with E-state index in [1.54, 1.807) is 13.8 Å². The molecule has 0 radical (unpaired) electrons. The number of hydrogen-bond donors (Lipinski definition) is 0. The average molecular weight is 200 g/mol. The molecule has 66 valence electrons. The molecule has 0 saturated carbocycles. The summed E-state index contributed by atoms with van der Waals surface area (Å²) in [7, 11) is 0. The van der Waals surface area contributed by atoms with Crippen LogP contribution in [0.5, 0.6) is 0 Å². The zero-order chi connectivity index (χ0) is 8.91. The van der Waals surface area contributed by atoms with Gasteiger partial charge < -0.3 is 19.4 Å². The van der Waals surface area contributed by atoms with Gasteiger partial charge >= 0.3 is 51.4 Å². The first-order chi connectivity index (χ1) is 5.06. The molecule has 0 bridgehead atoms. The van der Waals surface area contributed by atoms with E-state index in [9.17, 15) is 9.90 Å². The maximum atomic E-state index is 10.4. The van der Waals surface area contributed by atoms with Crippen LogP contribution in [0.1, 0.15) is 20.8 Å². The maximum absolute atomic E-state index is 10.4. The molecule has 4 nitrogen and oxygen atoms in total. The molecule has 0 heterocycles. The molecule has 0 aliphatic carbocycles. The van der Waals surface area contributed by atoms with E-state index < -0.39 is 11.8 Å². The predicted molar refractivity (Wildman–Crippen MR) is 36.7 cm³/mol. The summed E-state index contributed by atoms with van der Waals surface area (Å²) in [5.74, 6) is -2.94. The van der Waals surface area contributed by atoms with Crippen LogP contribution in [-0.4, -0.2) is 25.0 Å². The predicted octanol–water partition coefficient (Wildman–Crippen LogP) is -3.47. The fourth-order valence-electron chi connectivity index (χ4n) is 0.710. The largest absolute Gasteiger partial charge is 1.00 e. The Morgan fingerprint density at radius 2 is 1.67 bits per heavy atom. The van der Waals surface area contributed by atoms with Crippen LogP contribution < -0.4 is 56.5 Å². The topological polar surface area (TPSA) is 58.6 Å². The summed E-state index contributed by atoms with van der Waals surface area (Å²) in [6.07, 6.45) is 0. The fraction of sp³-hybridized carbons (Fsp3) is 0.857. The van der Waals surface area contributed by atoms with Crippen molar-refractivity contribution in [2.45, 2.75) is 26.6 Å². The SMILES string of the molecule is CCOC(C)(OCC)C(=O)[O-].[K+]. The van der Waals surface area contributed by atoms with E-state index in [1.807, 2.05) is 0 Å². The van der Waals surface area contributed by atoms with E-state index in [1.165, 1.54) is 6.92 Å². The van der Waals surface area contributed by atoms with Gasteiger partial charge in [-0.2, -0.15) is 0 Å². The molecule has 0 amide bonds. The van der Waals surface area contributed by atoms with Crippen LogP contribution in [0.2, 0.25) is 0 Å². The Kier molecular flexibility index (Phi) is 9.60. The number of carboxylic acids is 1. The Morgan fingerprint density at radius 3 is 1.83 bits per heavy atom. The number of carbonyl (C=O) groups excluding carboxylic acids is 1. The van der Waals surface area contributed by atoms with Crippen LogP contribution in [0.15, 0.2) is 0 Å². The standard InChI is InChI=1S/C7H14O4.K/c1-4-10-7(3,6(8)9)11-5-2;/h4-5H2,1-3H3,(H,8,9);/q;+1/p-1. The van der Waals surface area contributed by atoms with Gasteiger partial charge in [0, 0.05) is 13.2 Å². The molecule has 5 heteroatoms. The van der Waals surface area contributed by atoms with E-state index >= 15 is 0 Å². The van der Waals surface area contributed by atoms with Crippen molar-refractivity contribution in [3.63, 3.8) is 0 Å². The number of rotatable bonds is 5. The molecule has 0 aromatic carbocycles. The second-order valence-electron chi connectivity index (χ2n) is 2.10. The smallest absolute Gasteiger partial charge is 0.544 e. The van der Waals surface area contributed by atoms with Crippen LogP contribution in [-0.2, 0) is 14.3 Å². The molecule has 0 saturated heterocycles. The van der Waals surface area contributed by atoms with Crippen molar-refractivity contribution < 1.29 is 70.8 Å². The molecule has 0 spiro atoms. The van der Waals surface area contributed by atoms with Crippen molar-refractivity contribution in [3.8, 4) is 0 Å². The third-order valence-electron chi connectivity index (χ3n) is 1.21. The van der Waals surface area contributed by atoms with Crippen LogP contribution in [0.3, 0.4) is 0 Å². The Hall–Kier alpha value is 1.03. The maximum Gasteiger partial charge on any atom is 1.00 e. The summed E-state index contributed by atoms with van der Waals surface area (Å²) in [5, 5.41) is 10.4. The molecule has 0 N–H and O–H groups in total. The molecule has 12 heavy (non-hydrogen) atoms. The normalized spacial score (nSPS) is 10.6. The minimum Gasteiger partial charge on any atom is -0.544 e. The Balaban J connectivity index is 0. The van der Waals surface area contributed by atoms with Gasteiger partial charge in [0.1, 0.15) is 5.97 Å². The van der Waals surface area contributed by atoms with E-state index in [2.05, 4.69) is 0 Å². The van der Waals surface area contributed by atoms with Gasteiger partial charge in [-0.1, -0.05) is 0 Å². The van der Waals surface area contributed by atoms with Gasteiger partial charge in [-0.15, -0.1) is 0 Å². The first kappa shape index (κ1) is 15.5. The first-order valence-electron chi connectivity index (χ1n) is 3.56. The van der Waals surface area contributed by atoms with Gasteiger partial charge in [-0.3, -0.25) is 0 Å².